The summed E-state index contributed by atoms with van der Waals surface area (Å²) in [6, 6.07) is 0. The Labute approximate surface area is 63.9 Å². The van der Waals surface area contributed by atoms with Crippen LogP contribution in [0.3, 0.4) is 0 Å². The minimum Gasteiger partial charge on any atom is -0.154 e. The second kappa shape index (κ2) is 2.59. The molecule has 0 aromatic carbocycles. The predicted molar refractivity (Wildman–Crippen MR) is 49.5 cm³/mol. The van der Waals surface area contributed by atoms with E-state index in [2.05, 4.69) is 35.7 Å². The molecule has 10 heavy (non-hydrogen) atoms. The van der Waals surface area contributed by atoms with Gasteiger partial charge >= 0.3 is 0 Å². The monoisotopic (exact) mass is 150 g/mol. The fourth-order valence-electron chi connectivity index (χ4n) is 1.18. The summed E-state index contributed by atoms with van der Waals surface area (Å²) in [4.78, 5) is 1.51. The third-order valence-corrected chi connectivity index (χ3v) is 3.74. The van der Waals surface area contributed by atoms with Crippen molar-refractivity contribution in [2.75, 3.05) is 5.75 Å². The average molecular weight is 150 g/mol. The molecule has 2 rings (SSSR count). The molecule has 0 aromatic rings. The standard InChI is InChI=1S/C9H10S/c1-3-7-10-8-4-2-6-9(10)5-1/h1-3,5-7H,4,8H2. The van der Waals surface area contributed by atoms with Crippen LogP contribution in [0.5, 0.6) is 0 Å². The lowest BCUT2D eigenvalue weighted by Gasteiger charge is -2.14. The minimum atomic E-state index is 0.460. The summed E-state index contributed by atoms with van der Waals surface area (Å²) in [5.74, 6) is 1.33. The highest BCUT2D eigenvalue weighted by molar-refractivity contribution is 8.18. The number of hydrogen-bond donors (Lipinski definition) is 0. The topological polar surface area (TPSA) is 0 Å². The molecule has 0 nitrogen and oxygen atoms in total. The van der Waals surface area contributed by atoms with Gasteiger partial charge in [-0.2, -0.15) is 10.5 Å². The molecule has 2 heterocycles. The zero-order valence-corrected chi connectivity index (χ0v) is 6.60. The molecule has 0 saturated carbocycles. The van der Waals surface area contributed by atoms with Crippen LogP contribution in [0.4, 0.5) is 0 Å². The summed E-state index contributed by atoms with van der Waals surface area (Å²) in [5, 5.41) is 2.32. The molecule has 0 bridgehead atoms. The van der Waals surface area contributed by atoms with Crippen molar-refractivity contribution in [2.45, 2.75) is 6.42 Å². The van der Waals surface area contributed by atoms with Crippen molar-refractivity contribution in [2.24, 2.45) is 0 Å². The zero-order valence-electron chi connectivity index (χ0n) is 5.79. The van der Waals surface area contributed by atoms with Gasteiger partial charge in [0.05, 0.1) is 0 Å². The molecule has 0 N–H and O–H groups in total. The highest BCUT2D eigenvalue weighted by Crippen LogP contribution is 2.32. The van der Waals surface area contributed by atoms with Crippen LogP contribution < -0.4 is 0 Å². The third-order valence-electron chi connectivity index (χ3n) is 1.70. The number of hydrogen-bond acceptors (Lipinski definition) is 0. The summed E-state index contributed by atoms with van der Waals surface area (Å²) >= 11 is 0. The Balaban J connectivity index is 2.43. The molecular formula is C9H10S. The van der Waals surface area contributed by atoms with Gasteiger partial charge in [-0.05, 0) is 23.6 Å². The smallest absolute Gasteiger partial charge is 0.00134 e. The van der Waals surface area contributed by atoms with Crippen molar-refractivity contribution in [3.05, 3.63) is 35.3 Å². The maximum absolute atomic E-state index is 2.32. The van der Waals surface area contributed by atoms with Crippen LogP contribution in [0.25, 0.3) is 0 Å². The van der Waals surface area contributed by atoms with Gasteiger partial charge in [0, 0.05) is 4.91 Å². The zero-order chi connectivity index (χ0) is 6.81. The van der Waals surface area contributed by atoms with E-state index < -0.39 is 0 Å². The SMILES string of the molecule is C1=CC=S2CCC=CC2=C1. The summed E-state index contributed by atoms with van der Waals surface area (Å²) < 4.78 is 0. The Morgan fingerprint density at radius 1 is 1.30 bits per heavy atom. The molecule has 0 amide bonds. The molecule has 0 radical (unpaired) electrons. The van der Waals surface area contributed by atoms with Gasteiger partial charge in [-0.3, -0.25) is 0 Å². The molecule has 52 valence electrons. The van der Waals surface area contributed by atoms with Crippen molar-refractivity contribution in [3.63, 3.8) is 0 Å². The van der Waals surface area contributed by atoms with E-state index in [4.69, 9.17) is 0 Å². The van der Waals surface area contributed by atoms with Crippen molar-refractivity contribution < 1.29 is 0 Å². The van der Waals surface area contributed by atoms with Gasteiger partial charge in [-0.15, -0.1) is 0 Å². The molecule has 0 fully saturated rings. The van der Waals surface area contributed by atoms with Gasteiger partial charge in [0.1, 0.15) is 0 Å². The molecule has 0 spiro atoms. The molecule has 2 aliphatic rings. The van der Waals surface area contributed by atoms with Gasteiger partial charge in [-0.25, -0.2) is 0 Å². The minimum absolute atomic E-state index is 0.460. The fraction of sp³-hybridized carbons (Fsp3) is 0.222. The van der Waals surface area contributed by atoms with Crippen LogP contribution in [0.2, 0.25) is 0 Å². The quantitative estimate of drug-likeness (QED) is 0.465. The third kappa shape index (κ3) is 1.01. The first-order valence-electron chi connectivity index (χ1n) is 3.55. The van der Waals surface area contributed by atoms with E-state index in [1.54, 1.807) is 0 Å². The highest BCUT2D eigenvalue weighted by atomic mass is 32.2. The lowest BCUT2D eigenvalue weighted by molar-refractivity contribution is 1.23. The largest absolute Gasteiger partial charge is 0.154 e. The van der Waals surface area contributed by atoms with E-state index in [1.807, 2.05) is 0 Å². The predicted octanol–water partition coefficient (Wildman–Crippen LogP) is 2.47. The van der Waals surface area contributed by atoms with Crippen LogP contribution in [-0.4, -0.2) is 11.1 Å². The van der Waals surface area contributed by atoms with Crippen LogP contribution in [0.1, 0.15) is 6.42 Å². The van der Waals surface area contributed by atoms with Gasteiger partial charge in [0.25, 0.3) is 0 Å². The van der Waals surface area contributed by atoms with Crippen molar-refractivity contribution in [1.82, 2.24) is 0 Å². The van der Waals surface area contributed by atoms with Crippen LogP contribution in [-0.2, 0) is 0 Å². The molecule has 0 aromatic heterocycles. The van der Waals surface area contributed by atoms with Crippen LogP contribution in [0, 0.1) is 0 Å². The normalized spacial score (nSPS) is 28.8. The van der Waals surface area contributed by atoms with E-state index in [9.17, 15) is 0 Å². The van der Waals surface area contributed by atoms with Gasteiger partial charge in [-0.1, -0.05) is 24.3 Å². The molecule has 1 atom stereocenters. The summed E-state index contributed by atoms with van der Waals surface area (Å²) in [7, 11) is 0.460. The molecule has 1 heteroatoms. The summed E-state index contributed by atoms with van der Waals surface area (Å²) in [6.45, 7) is 0. The Morgan fingerprint density at radius 2 is 2.30 bits per heavy atom. The van der Waals surface area contributed by atoms with Gasteiger partial charge in [0.15, 0.2) is 0 Å². The Bertz CT molecular complexity index is 254. The molecule has 1 unspecified atom stereocenters. The van der Waals surface area contributed by atoms with Crippen molar-refractivity contribution in [3.8, 4) is 0 Å². The Morgan fingerprint density at radius 3 is 3.20 bits per heavy atom. The maximum Gasteiger partial charge on any atom is 0.00134 e. The first kappa shape index (κ1) is 6.17. The van der Waals surface area contributed by atoms with Crippen LogP contribution in [0.15, 0.2) is 35.3 Å². The number of allylic oxidation sites excluding steroid dienone is 5. The lowest BCUT2D eigenvalue weighted by Crippen LogP contribution is -1.92. The summed E-state index contributed by atoms with van der Waals surface area (Å²) in [6.07, 6.45) is 12.3. The van der Waals surface area contributed by atoms with Gasteiger partial charge in [0.2, 0.25) is 0 Å². The highest BCUT2D eigenvalue weighted by Gasteiger charge is 2.04. The van der Waals surface area contributed by atoms with E-state index in [0.717, 1.165) is 0 Å². The molecular weight excluding hydrogens is 140 g/mol. The van der Waals surface area contributed by atoms with E-state index in [0.29, 0.717) is 10.5 Å². The lowest BCUT2D eigenvalue weighted by atomic mass is 10.3. The molecule has 0 aliphatic carbocycles. The number of fused-ring (bicyclic) bond motifs is 1. The molecule has 0 saturated heterocycles. The van der Waals surface area contributed by atoms with E-state index in [1.165, 1.54) is 17.1 Å². The maximum atomic E-state index is 2.32. The molecule has 2 aliphatic heterocycles. The second-order valence-electron chi connectivity index (χ2n) is 2.41. The Kier molecular flexibility index (Phi) is 1.60. The van der Waals surface area contributed by atoms with Crippen molar-refractivity contribution >= 4 is 15.9 Å². The van der Waals surface area contributed by atoms with Crippen molar-refractivity contribution in [1.29, 1.82) is 0 Å². The Hall–Kier alpha value is -0.560. The first-order chi connectivity index (χ1) is 4.97. The second-order valence-corrected chi connectivity index (χ2v) is 4.42. The number of rotatable bonds is 0. The first-order valence-corrected chi connectivity index (χ1v) is 5.00. The van der Waals surface area contributed by atoms with E-state index in [-0.39, 0.29) is 0 Å². The average Bonchev–Trinajstić information content (AvgIpc) is 2.05. The van der Waals surface area contributed by atoms with Crippen LogP contribution >= 0.6 is 10.5 Å². The fourth-order valence-corrected chi connectivity index (χ4v) is 2.90. The summed E-state index contributed by atoms with van der Waals surface area (Å²) in [5.41, 5.74) is 0. The van der Waals surface area contributed by atoms with Gasteiger partial charge < -0.3 is 0 Å². The van der Waals surface area contributed by atoms with E-state index >= 15 is 0 Å².